The summed E-state index contributed by atoms with van der Waals surface area (Å²) in [5.41, 5.74) is 2.23. The average molecular weight is 256 g/mol. The van der Waals surface area contributed by atoms with Gasteiger partial charge >= 0.3 is 0 Å². The van der Waals surface area contributed by atoms with Gasteiger partial charge < -0.3 is 10.1 Å². The molecule has 0 saturated carbocycles. The molecule has 0 aliphatic rings. The summed E-state index contributed by atoms with van der Waals surface area (Å²) >= 11 is 6.16. The number of halogens is 1. The predicted octanol–water partition coefficient (Wildman–Crippen LogP) is 3.76. The molecule has 1 aromatic rings. The van der Waals surface area contributed by atoms with Gasteiger partial charge in [-0.3, -0.25) is 0 Å². The fraction of sp³-hybridized carbons (Fsp3) is 0.571. The molecule has 1 atom stereocenters. The third-order valence-electron chi connectivity index (χ3n) is 2.73. The van der Waals surface area contributed by atoms with Crippen LogP contribution in [0, 0.1) is 6.92 Å². The van der Waals surface area contributed by atoms with Crippen LogP contribution in [0.4, 0.5) is 0 Å². The molecule has 0 aromatic heterocycles. The molecule has 0 radical (unpaired) electrons. The van der Waals surface area contributed by atoms with Gasteiger partial charge in [-0.15, -0.1) is 0 Å². The Labute approximate surface area is 109 Å². The van der Waals surface area contributed by atoms with Crippen molar-refractivity contribution in [2.24, 2.45) is 0 Å². The number of hydrogen-bond acceptors (Lipinski definition) is 2. The molecule has 0 bridgehead atoms. The molecule has 1 N–H and O–H groups in total. The zero-order valence-electron chi connectivity index (χ0n) is 11.3. The molecule has 0 heterocycles. The fourth-order valence-corrected chi connectivity index (χ4v) is 1.94. The predicted molar refractivity (Wildman–Crippen MR) is 74.3 cm³/mol. The van der Waals surface area contributed by atoms with E-state index in [1.807, 2.05) is 26.1 Å². The van der Waals surface area contributed by atoms with E-state index in [1.165, 1.54) is 5.56 Å². The molecule has 0 spiro atoms. The van der Waals surface area contributed by atoms with Crippen LogP contribution in [-0.4, -0.2) is 19.7 Å². The van der Waals surface area contributed by atoms with E-state index in [9.17, 15) is 0 Å². The van der Waals surface area contributed by atoms with Crippen LogP contribution in [0.3, 0.4) is 0 Å². The Hall–Kier alpha value is -0.730. The van der Waals surface area contributed by atoms with Crippen molar-refractivity contribution in [1.82, 2.24) is 5.32 Å². The lowest BCUT2D eigenvalue weighted by Gasteiger charge is -2.20. The fourth-order valence-electron chi connectivity index (χ4n) is 1.77. The second-order valence-corrected chi connectivity index (χ2v) is 5.19. The first-order valence-electron chi connectivity index (χ1n) is 6.07. The standard InChI is InChI=1S/C14H22ClNO/c1-9(2)12-7-13(15)10(3)6-14(12)17-11(4)8-16-5/h6-7,9,11,16H,8H2,1-5H3. The first-order valence-corrected chi connectivity index (χ1v) is 6.44. The van der Waals surface area contributed by atoms with E-state index in [0.717, 1.165) is 22.9 Å². The van der Waals surface area contributed by atoms with Crippen molar-refractivity contribution in [3.8, 4) is 5.75 Å². The van der Waals surface area contributed by atoms with Crippen LogP contribution in [0.5, 0.6) is 5.75 Å². The summed E-state index contributed by atoms with van der Waals surface area (Å²) in [6.45, 7) is 9.19. The van der Waals surface area contributed by atoms with Gasteiger partial charge in [-0.25, -0.2) is 0 Å². The Kier molecular flexibility index (Phi) is 5.29. The molecule has 1 aromatic carbocycles. The molecule has 0 aliphatic heterocycles. The second kappa shape index (κ2) is 6.27. The minimum absolute atomic E-state index is 0.151. The van der Waals surface area contributed by atoms with Crippen LogP contribution in [-0.2, 0) is 0 Å². The van der Waals surface area contributed by atoms with E-state index in [4.69, 9.17) is 16.3 Å². The van der Waals surface area contributed by atoms with E-state index in [1.54, 1.807) is 0 Å². The van der Waals surface area contributed by atoms with Crippen LogP contribution in [0.2, 0.25) is 5.02 Å². The highest BCUT2D eigenvalue weighted by atomic mass is 35.5. The normalized spacial score (nSPS) is 12.9. The van der Waals surface area contributed by atoms with Crippen molar-refractivity contribution < 1.29 is 4.74 Å². The van der Waals surface area contributed by atoms with Crippen molar-refractivity contribution in [2.75, 3.05) is 13.6 Å². The van der Waals surface area contributed by atoms with Gasteiger partial charge in [0.25, 0.3) is 0 Å². The minimum atomic E-state index is 0.151. The third kappa shape index (κ3) is 3.90. The summed E-state index contributed by atoms with van der Waals surface area (Å²) in [5.74, 6) is 1.36. The molecular formula is C14H22ClNO. The number of hydrogen-bond donors (Lipinski definition) is 1. The molecule has 0 aliphatic carbocycles. The lowest BCUT2D eigenvalue weighted by Crippen LogP contribution is -2.26. The Morgan fingerprint density at radius 2 is 1.94 bits per heavy atom. The lowest BCUT2D eigenvalue weighted by molar-refractivity contribution is 0.217. The number of benzene rings is 1. The van der Waals surface area contributed by atoms with Crippen LogP contribution in [0.25, 0.3) is 0 Å². The van der Waals surface area contributed by atoms with E-state index >= 15 is 0 Å². The maximum absolute atomic E-state index is 6.16. The van der Waals surface area contributed by atoms with Crippen molar-refractivity contribution in [3.63, 3.8) is 0 Å². The van der Waals surface area contributed by atoms with E-state index < -0.39 is 0 Å². The quantitative estimate of drug-likeness (QED) is 0.865. The maximum Gasteiger partial charge on any atom is 0.123 e. The molecule has 1 rings (SSSR count). The minimum Gasteiger partial charge on any atom is -0.489 e. The summed E-state index contributed by atoms with van der Waals surface area (Å²) in [4.78, 5) is 0. The van der Waals surface area contributed by atoms with Crippen molar-refractivity contribution in [3.05, 3.63) is 28.3 Å². The monoisotopic (exact) mass is 255 g/mol. The number of aryl methyl sites for hydroxylation is 1. The van der Waals surface area contributed by atoms with Gasteiger partial charge in [-0.2, -0.15) is 0 Å². The third-order valence-corrected chi connectivity index (χ3v) is 3.14. The van der Waals surface area contributed by atoms with Crippen LogP contribution in [0.1, 0.15) is 37.8 Å². The Morgan fingerprint density at radius 1 is 1.29 bits per heavy atom. The van der Waals surface area contributed by atoms with Gasteiger partial charge in [0.05, 0.1) is 0 Å². The number of ether oxygens (including phenoxy) is 1. The largest absolute Gasteiger partial charge is 0.489 e. The zero-order valence-corrected chi connectivity index (χ0v) is 12.1. The molecule has 17 heavy (non-hydrogen) atoms. The van der Waals surface area contributed by atoms with E-state index in [0.29, 0.717) is 5.92 Å². The summed E-state index contributed by atoms with van der Waals surface area (Å²) in [7, 11) is 1.93. The van der Waals surface area contributed by atoms with Gasteiger partial charge in [-0.05, 0) is 50.1 Å². The molecule has 0 saturated heterocycles. The number of likely N-dealkylation sites (N-methyl/N-ethyl adjacent to an activating group) is 1. The first kappa shape index (κ1) is 14.3. The molecule has 2 nitrogen and oxygen atoms in total. The molecule has 96 valence electrons. The van der Waals surface area contributed by atoms with Gasteiger partial charge in [0.15, 0.2) is 0 Å². The SMILES string of the molecule is CNCC(C)Oc1cc(C)c(Cl)cc1C(C)C. The van der Waals surface area contributed by atoms with Gasteiger partial charge in [-0.1, -0.05) is 25.4 Å². The topological polar surface area (TPSA) is 21.3 Å². The van der Waals surface area contributed by atoms with Gasteiger partial charge in [0.2, 0.25) is 0 Å². The lowest BCUT2D eigenvalue weighted by atomic mass is 10.0. The molecule has 0 fully saturated rings. The van der Waals surface area contributed by atoms with Crippen LogP contribution < -0.4 is 10.1 Å². The zero-order chi connectivity index (χ0) is 13.0. The van der Waals surface area contributed by atoms with Crippen molar-refractivity contribution >= 4 is 11.6 Å². The maximum atomic E-state index is 6.16. The van der Waals surface area contributed by atoms with Crippen LogP contribution in [0.15, 0.2) is 12.1 Å². The summed E-state index contributed by atoms with van der Waals surface area (Å²) in [6, 6.07) is 4.05. The second-order valence-electron chi connectivity index (χ2n) is 4.78. The molecule has 1 unspecified atom stereocenters. The van der Waals surface area contributed by atoms with Gasteiger partial charge in [0.1, 0.15) is 11.9 Å². The molecule has 3 heteroatoms. The van der Waals surface area contributed by atoms with E-state index in [2.05, 4.69) is 26.1 Å². The molecular weight excluding hydrogens is 234 g/mol. The highest BCUT2D eigenvalue weighted by Crippen LogP contribution is 2.32. The molecule has 0 amide bonds. The summed E-state index contributed by atoms with van der Waals surface area (Å²) in [6.07, 6.45) is 0.151. The number of rotatable bonds is 5. The van der Waals surface area contributed by atoms with E-state index in [-0.39, 0.29) is 6.10 Å². The first-order chi connectivity index (χ1) is 7.95. The van der Waals surface area contributed by atoms with Gasteiger partial charge in [0, 0.05) is 11.6 Å². The Balaban J connectivity index is 3.00. The number of nitrogens with one attached hydrogen (secondary N) is 1. The summed E-state index contributed by atoms with van der Waals surface area (Å²) < 4.78 is 5.96. The van der Waals surface area contributed by atoms with Crippen molar-refractivity contribution in [1.29, 1.82) is 0 Å². The summed E-state index contributed by atoms with van der Waals surface area (Å²) in [5, 5.41) is 3.92. The Bertz CT molecular complexity index is 377. The van der Waals surface area contributed by atoms with Crippen LogP contribution >= 0.6 is 11.6 Å². The smallest absolute Gasteiger partial charge is 0.123 e. The van der Waals surface area contributed by atoms with Crippen molar-refractivity contribution in [2.45, 2.75) is 39.7 Å². The highest BCUT2D eigenvalue weighted by molar-refractivity contribution is 6.31. The highest BCUT2D eigenvalue weighted by Gasteiger charge is 2.13. The Morgan fingerprint density at radius 3 is 2.47 bits per heavy atom. The average Bonchev–Trinajstić information content (AvgIpc) is 2.23.